The second-order valence-electron chi connectivity index (χ2n) is 4.85. The van der Waals surface area contributed by atoms with E-state index in [0.717, 1.165) is 19.5 Å². The molecule has 2 nitrogen and oxygen atoms in total. The van der Waals surface area contributed by atoms with Crippen molar-refractivity contribution in [2.24, 2.45) is 11.3 Å². The fourth-order valence-electron chi connectivity index (χ4n) is 2.01. The quantitative estimate of drug-likeness (QED) is 0.611. The number of carbonyl (C=O) groups excluding carboxylic acids is 1. The summed E-state index contributed by atoms with van der Waals surface area (Å²) in [5, 5.41) is 0. The van der Waals surface area contributed by atoms with Crippen LogP contribution in [0.4, 0.5) is 0 Å². The standard InChI is InChI=1S/C11H21NO/c1-9(2)11(4)6-5-7-12(8-11)10(3)13/h9H,5-8H2,1-4H3. The van der Waals surface area contributed by atoms with Crippen molar-refractivity contribution in [2.75, 3.05) is 13.1 Å². The molecule has 0 N–H and O–H groups in total. The van der Waals surface area contributed by atoms with Gasteiger partial charge < -0.3 is 4.90 Å². The molecule has 0 aromatic rings. The molecule has 0 bridgehead atoms. The third-order valence-electron chi connectivity index (χ3n) is 3.57. The summed E-state index contributed by atoms with van der Waals surface area (Å²) in [6.07, 6.45) is 2.42. The SMILES string of the molecule is CC(=O)N1CCCC(C)(C(C)C)C1. The first kappa shape index (κ1) is 10.6. The molecule has 1 aliphatic rings. The van der Waals surface area contributed by atoms with Crippen molar-refractivity contribution in [2.45, 2.75) is 40.5 Å². The highest BCUT2D eigenvalue weighted by Gasteiger charge is 2.34. The maximum Gasteiger partial charge on any atom is 0.219 e. The molecule has 76 valence electrons. The van der Waals surface area contributed by atoms with Gasteiger partial charge in [-0.15, -0.1) is 0 Å². The maximum absolute atomic E-state index is 11.2. The monoisotopic (exact) mass is 183 g/mol. The summed E-state index contributed by atoms with van der Waals surface area (Å²) >= 11 is 0. The molecule has 1 rings (SSSR count). The molecule has 0 spiro atoms. The molecule has 0 radical (unpaired) electrons. The van der Waals surface area contributed by atoms with Crippen LogP contribution in [0, 0.1) is 11.3 Å². The minimum atomic E-state index is 0.228. The molecule has 1 heterocycles. The Hall–Kier alpha value is -0.530. The number of carbonyl (C=O) groups is 1. The van der Waals surface area contributed by atoms with Gasteiger partial charge in [0.25, 0.3) is 0 Å². The molecule has 0 saturated carbocycles. The van der Waals surface area contributed by atoms with Gasteiger partial charge in [-0.25, -0.2) is 0 Å². The summed E-state index contributed by atoms with van der Waals surface area (Å²) in [7, 11) is 0. The largest absolute Gasteiger partial charge is 0.342 e. The summed E-state index contributed by atoms with van der Waals surface area (Å²) in [4.78, 5) is 13.2. The average molecular weight is 183 g/mol. The fraction of sp³-hybridized carbons (Fsp3) is 0.909. The predicted molar refractivity (Wildman–Crippen MR) is 54.4 cm³/mol. The van der Waals surface area contributed by atoms with Gasteiger partial charge in [-0.3, -0.25) is 4.79 Å². The molecule has 1 aliphatic heterocycles. The Kier molecular flexibility index (Phi) is 2.99. The van der Waals surface area contributed by atoms with Gasteiger partial charge in [0.1, 0.15) is 0 Å². The van der Waals surface area contributed by atoms with Crippen LogP contribution in [-0.4, -0.2) is 23.9 Å². The Labute approximate surface area is 81.3 Å². The van der Waals surface area contributed by atoms with E-state index in [-0.39, 0.29) is 5.91 Å². The number of nitrogens with zero attached hydrogens (tertiary/aromatic N) is 1. The first-order valence-corrected chi connectivity index (χ1v) is 5.21. The number of piperidine rings is 1. The summed E-state index contributed by atoms with van der Waals surface area (Å²) < 4.78 is 0. The lowest BCUT2D eigenvalue weighted by Gasteiger charge is -2.43. The van der Waals surface area contributed by atoms with Gasteiger partial charge in [0.05, 0.1) is 0 Å². The van der Waals surface area contributed by atoms with E-state index in [1.165, 1.54) is 6.42 Å². The van der Waals surface area contributed by atoms with Crippen LogP contribution in [0.3, 0.4) is 0 Å². The highest BCUT2D eigenvalue weighted by molar-refractivity contribution is 5.73. The van der Waals surface area contributed by atoms with E-state index in [0.29, 0.717) is 11.3 Å². The lowest BCUT2D eigenvalue weighted by atomic mass is 9.73. The summed E-state index contributed by atoms with van der Waals surface area (Å²) in [6, 6.07) is 0. The van der Waals surface area contributed by atoms with Crippen LogP contribution in [0.5, 0.6) is 0 Å². The first-order chi connectivity index (χ1) is 5.96. The van der Waals surface area contributed by atoms with Gasteiger partial charge in [0.2, 0.25) is 5.91 Å². The van der Waals surface area contributed by atoms with E-state index in [1.54, 1.807) is 6.92 Å². The van der Waals surface area contributed by atoms with Crippen molar-refractivity contribution in [1.82, 2.24) is 4.90 Å². The lowest BCUT2D eigenvalue weighted by Crippen LogP contribution is -2.46. The van der Waals surface area contributed by atoms with E-state index >= 15 is 0 Å². The molecule has 1 atom stereocenters. The highest BCUT2D eigenvalue weighted by Crippen LogP contribution is 2.36. The summed E-state index contributed by atoms with van der Waals surface area (Å²) in [5.74, 6) is 0.890. The van der Waals surface area contributed by atoms with Gasteiger partial charge in [0.15, 0.2) is 0 Å². The molecule has 1 fully saturated rings. The molecule has 1 amide bonds. The Balaban J connectivity index is 2.65. The van der Waals surface area contributed by atoms with E-state index < -0.39 is 0 Å². The number of hydrogen-bond donors (Lipinski definition) is 0. The lowest BCUT2D eigenvalue weighted by molar-refractivity contribution is -0.132. The van der Waals surface area contributed by atoms with Gasteiger partial charge in [-0.2, -0.15) is 0 Å². The zero-order valence-corrected chi connectivity index (χ0v) is 9.26. The van der Waals surface area contributed by atoms with E-state index in [9.17, 15) is 4.79 Å². The Morgan fingerprint density at radius 2 is 2.08 bits per heavy atom. The second-order valence-corrected chi connectivity index (χ2v) is 4.85. The van der Waals surface area contributed by atoms with Gasteiger partial charge >= 0.3 is 0 Å². The van der Waals surface area contributed by atoms with Crippen molar-refractivity contribution >= 4 is 5.91 Å². The number of amides is 1. The molecule has 1 saturated heterocycles. The van der Waals surface area contributed by atoms with E-state index in [4.69, 9.17) is 0 Å². The molecule has 13 heavy (non-hydrogen) atoms. The number of rotatable bonds is 1. The van der Waals surface area contributed by atoms with Crippen LogP contribution >= 0.6 is 0 Å². The van der Waals surface area contributed by atoms with Crippen molar-refractivity contribution < 1.29 is 4.79 Å². The fourth-order valence-corrected chi connectivity index (χ4v) is 2.01. The number of hydrogen-bond acceptors (Lipinski definition) is 1. The Morgan fingerprint density at radius 3 is 2.54 bits per heavy atom. The molecular weight excluding hydrogens is 162 g/mol. The summed E-state index contributed by atoms with van der Waals surface area (Å²) in [6.45, 7) is 10.4. The predicted octanol–water partition coefficient (Wildman–Crippen LogP) is 2.29. The van der Waals surface area contributed by atoms with Crippen LogP contribution in [-0.2, 0) is 4.79 Å². The first-order valence-electron chi connectivity index (χ1n) is 5.21. The highest BCUT2D eigenvalue weighted by atomic mass is 16.2. The second kappa shape index (κ2) is 3.69. The van der Waals surface area contributed by atoms with Crippen molar-refractivity contribution in [3.05, 3.63) is 0 Å². The molecule has 0 aromatic carbocycles. The van der Waals surface area contributed by atoms with Crippen LogP contribution in [0.25, 0.3) is 0 Å². The van der Waals surface area contributed by atoms with Crippen LogP contribution < -0.4 is 0 Å². The van der Waals surface area contributed by atoms with Crippen molar-refractivity contribution in [3.63, 3.8) is 0 Å². The van der Waals surface area contributed by atoms with E-state index in [1.807, 2.05) is 4.90 Å². The molecule has 0 aromatic heterocycles. The zero-order chi connectivity index (χ0) is 10.1. The van der Waals surface area contributed by atoms with Gasteiger partial charge in [0, 0.05) is 20.0 Å². The van der Waals surface area contributed by atoms with Crippen LogP contribution in [0.2, 0.25) is 0 Å². The van der Waals surface area contributed by atoms with Crippen molar-refractivity contribution in [1.29, 1.82) is 0 Å². The minimum Gasteiger partial charge on any atom is -0.342 e. The minimum absolute atomic E-state index is 0.228. The number of likely N-dealkylation sites (tertiary alicyclic amines) is 1. The third-order valence-corrected chi connectivity index (χ3v) is 3.57. The van der Waals surface area contributed by atoms with Gasteiger partial charge in [-0.05, 0) is 24.2 Å². The third kappa shape index (κ3) is 2.23. The Morgan fingerprint density at radius 1 is 1.46 bits per heavy atom. The zero-order valence-electron chi connectivity index (χ0n) is 9.26. The molecular formula is C11H21NO. The molecule has 1 unspecified atom stereocenters. The van der Waals surface area contributed by atoms with Gasteiger partial charge in [-0.1, -0.05) is 20.8 Å². The average Bonchev–Trinajstić information content (AvgIpc) is 2.04. The maximum atomic E-state index is 11.2. The van der Waals surface area contributed by atoms with E-state index in [2.05, 4.69) is 20.8 Å². The normalized spacial score (nSPS) is 29.5. The van der Waals surface area contributed by atoms with Crippen LogP contribution in [0.15, 0.2) is 0 Å². The molecule has 0 aliphatic carbocycles. The topological polar surface area (TPSA) is 20.3 Å². The van der Waals surface area contributed by atoms with Crippen molar-refractivity contribution in [3.8, 4) is 0 Å². The van der Waals surface area contributed by atoms with Crippen LogP contribution in [0.1, 0.15) is 40.5 Å². The Bertz CT molecular complexity index is 200. The molecule has 2 heteroatoms. The summed E-state index contributed by atoms with van der Waals surface area (Å²) in [5.41, 5.74) is 0.337. The smallest absolute Gasteiger partial charge is 0.219 e.